The minimum Gasteiger partial charge on any atom is -0.289 e. The molecule has 4 aromatic rings. The summed E-state index contributed by atoms with van der Waals surface area (Å²) in [6.07, 6.45) is 0. The Labute approximate surface area is 195 Å². The third-order valence-corrected chi connectivity index (χ3v) is 6.73. The molecule has 0 atom stereocenters. The highest BCUT2D eigenvalue weighted by molar-refractivity contribution is 6.30. The van der Waals surface area contributed by atoms with E-state index < -0.39 is 0 Å². The molecule has 4 nitrogen and oxygen atoms in total. The quantitative estimate of drug-likeness (QED) is 0.336. The summed E-state index contributed by atoms with van der Waals surface area (Å²) < 4.78 is 0. The predicted octanol–water partition coefficient (Wildman–Crippen LogP) is 5.52. The van der Waals surface area contributed by atoms with E-state index in [0.717, 1.165) is 11.1 Å². The molecule has 0 amide bonds. The van der Waals surface area contributed by atoms with E-state index in [-0.39, 0.29) is 23.1 Å². The summed E-state index contributed by atoms with van der Waals surface area (Å²) in [6, 6.07) is 20.9. The number of rotatable bonds is 1. The first kappa shape index (κ1) is 20.2. The van der Waals surface area contributed by atoms with Gasteiger partial charge in [-0.2, -0.15) is 0 Å². The third-order valence-electron chi connectivity index (χ3n) is 6.73. The molecule has 0 radical (unpaired) electrons. The number of aryl methyl sites for hydroxylation is 2. The van der Waals surface area contributed by atoms with Gasteiger partial charge in [0.25, 0.3) is 0 Å². The Hall–Kier alpha value is -4.44. The van der Waals surface area contributed by atoms with Crippen LogP contribution in [0.15, 0.2) is 72.8 Å². The van der Waals surface area contributed by atoms with Crippen molar-refractivity contribution in [1.82, 2.24) is 0 Å². The number of fused-ring (bicyclic) bond motifs is 4. The highest BCUT2D eigenvalue weighted by Gasteiger charge is 2.32. The summed E-state index contributed by atoms with van der Waals surface area (Å²) >= 11 is 0. The number of benzene rings is 4. The highest BCUT2D eigenvalue weighted by Crippen LogP contribution is 2.35. The molecular weight excluding hydrogens is 424 g/mol. The molecule has 0 aromatic heterocycles. The van der Waals surface area contributed by atoms with E-state index in [0.29, 0.717) is 55.6 Å². The van der Waals surface area contributed by atoms with Crippen molar-refractivity contribution in [2.75, 3.05) is 0 Å². The van der Waals surface area contributed by atoms with Crippen LogP contribution in [0.5, 0.6) is 0 Å². The SMILES string of the molecule is Cc1ccc2c(c1)C(=O)c1ccc(-c3cc(C)c4c(c3)C(=O)c3ccccc3C4=O)cc1C2=O. The van der Waals surface area contributed by atoms with Crippen LogP contribution in [0.2, 0.25) is 0 Å². The molecule has 0 saturated carbocycles. The van der Waals surface area contributed by atoms with Crippen LogP contribution in [0.4, 0.5) is 0 Å². The molecule has 0 fully saturated rings. The topological polar surface area (TPSA) is 68.3 Å². The van der Waals surface area contributed by atoms with Crippen molar-refractivity contribution >= 4 is 23.1 Å². The molecule has 2 aliphatic rings. The lowest BCUT2D eigenvalue weighted by Crippen LogP contribution is -2.22. The van der Waals surface area contributed by atoms with Crippen molar-refractivity contribution in [3.63, 3.8) is 0 Å². The first-order valence-corrected chi connectivity index (χ1v) is 11.0. The third kappa shape index (κ3) is 2.72. The van der Waals surface area contributed by atoms with E-state index in [1.54, 1.807) is 60.7 Å². The Morgan fingerprint density at radius 2 is 0.971 bits per heavy atom. The van der Waals surface area contributed by atoms with E-state index in [1.165, 1.54) is 0 Å². The summed E-state index contributed by atoms with van der Waals surface area (Å²) in [5.74, 6) is -0.712. The normalized spacial score (nSPS) is 13.8. The summed E-state index contributed by atoms with van der Waals surface area (Å²) in [5.41, 5.74) is 6.19. The van der Waals surface area contributed by atoms with Gasteiger partial charge in [-0.1, -0.05) is 54.1 Å². The van der Waals surface area contributed by atoms with Gasteiger partial charge >= 0.3 is 0 Å². The van der Waals surface area contributed by atoms with Crippen LogP contribution in [0.3, 0.4) is 0 Å². The Morgan fingerprint density at radius 1 is 0.441 bits per heavy atom. The molecule has 0 N–H and O–H groups in total. The van der Waals surface area contributed by atoms with Crippen LogP contribution in [-0.4, -0.2) is 23.1 Å². The van der Waals surface area contributed by atoms with Crippen molar-refractivity contribution in [3.8, 4) is 11.1 Å². The second-order valence-electron chi connectivity index (χ2n) is 8.89. The molecule has 4 aromatic carbocycles. The molecule has 0 bridgehead atoms. The predicted molar refractivity (Wildman–Crippen MR) is 128 cm³/mol. The first-order valence-electron chi connectivity index (χ1n) is 11.0. The Morgan fingerprint density at radius 3 is 1.68 bits per heavy atom. The van der Waals surface area contributed by atoms with E-state index in [2.05, 4.69) is 0 Å². The maximum absolute atomic E-state index is 13.2. The first-order chi connectivity index (χ1) is 16.3. The lowest BCUT2D eigenvalue weighted by Gasteiger charge is -2.21. The molecule has 0 unspecified atom stereocenters. The van der Waals surface area contributed by atoms with Crippen molar-refractivity contribution in [1.29, 1.82) is 0 Å². The van der Waals surface area contributed by atoms with Gasteiger partial charge in [-0.15, -0.1) is 0 Å². The molecule has 0 spiro atoms. The monoisotopic (exact) mass is 442 g/mol. The smallest absolute Gasteiger partial charge is 0.194 e. The van der Waals surface area contributed by atoms with Gasteiger partial charge in [0, 0.05) is 44.5 Å². The molecule has 34 heavy (non-hydrogen) atoms. The summed E-state index contributed by atoms with van der Waals surface area (Å²) in [4.78, 5) is 52.6. The van der Waals surface area contributed by atoms with Crippen LogP contribution in [0.1, 0.15) is 74.8 Å². The molecule has 6 rings (SSSR count). The Bertz CT molecular complexity index is 1640. The lowest BCUT2D eigenvalue weighted by atomic mass is 9.79. The number of ketones is 4. The summed E-state index contributed by atoms with van der Waals surface area (Å²) in [5, 5.41) is 0. The zero-order chi connectivity index (χ0) is 23.7. The molecular formula is C30H18O4. The zero-order valence-electron chi connectivity index (χ0n) is 18.6. The van der Waals surface area contributed by atoms with Gasteiger partial charge in [0.05, 0.1) is 0 Å². The van der Waals surface area contributed by atoms with Gasteiger partial charge in [-0.05, 0) is 54.8 Å². The van der Waals surface area contributed by atoms with E-state index in [1.807, 2.05) is 26.0 Å². The van der Waals surface area contributed by atoms with Crippen molar-refractivity contribution in [2.45, 2.75) is 13.8 Å². The fourth-order valence-corrected chi connectivity index (χ4v) is 5.04. The van der Waals surface area contributed by atoms with Crippen LogP contribution >= 0.6 is 0 Å². The largest absolute Gasteiger partial charge is 0.289 e. The minimum absolute atomic E-state index is 0.160. The average Bonchev–Trinajstić information content (AvgIpc) is 2.85. The molecule has 2 aliphatic carbocycles. The van der Waals surface area contributed by atoms with Crippen molar-refractivity contribution in [3.05, 3.63) is 128 Å². The van der Waals surface area contributed by atoms with Gasteiger partial charge in [0.2, 0.25) is 0 Å². The maximum atomic E-state index is 13.2. The molecule has 162 valence electrons. The maximum Gasteiger partial charge on any atom is 0.194 e. The summed E-state index contributed by atoms with van der Waals surface area (Å²) in [7, 11) is 0. The standard InChI is InChI=1S/C30H18O4/c1-15-7-9-21-23(11-15)27(31)22-10-8-17(13-24(22)28(21)32)18-12-16(2)26-25(14-18)29(33)19-5-3-4-6-20(19)30(26)34/h3-14H,1-2H3. The van der Waals surface area contributed by atoms with E-state index in [4.69, 9.17) is 0 Å². The number of carbonyl (C=O) groups is 4. The molecule has 4 heteroatoms. The van der Waals surface area contributed by atoms with Crippen LogP contribution in [-0.2, 0) is 0 Å². The van der Waals surface area contributed by atoms with Crippen LogP contribution in [0, 0.1) is 13.8 Å². The van der Waals surface area contributed by atoms with Gasteiger partial charge in [0.1, 0.15) is 0 Å². The van der Waals surface area contributed by atoms with Crippen molar-refractivity contribution in [2.24, 2.45) is 0 Å². The molecule has 0 saturated heterocycles. The number of hydrogen-bond donors (Lipinski definition) is 0. The number of carbonyl (C=O) groups excluding carboxylic acids is 4. The van der Waals surface area contributed by atoms with Gasteiger partial charge in [0.15, 0.2) is 23.1 Å². The lowest BCUT2D eigenvalue weighted by molar-refractivity contribution is 0.0978. The van der Waals surface area contributed by atoms with Gasteiger partial charge in [-0.3, -0.25) is 19.2 Å². The van der Waals surface area contributed by atoms with E-state index >= 15 is 0 Å². The van der Waals surface area contributed by atoms with E-state index in [9.17, 15) is 19.2 Å². The fraction of sp³-hybridized carbons (Fsp3) is 0.0667. The van der Waals surface area contributed by atoms with Crippen LogP contribution in [0.25, 0.3) is 11.1 Å². The summed E-state index contributed by atoms with van der Waals surface area (Å²) in [6.45, 7) is 3.70. The minimum atomic E-state index is -0.193. The van der Waals surface area contributed by atoms with Crippen LogP contribution < -0.4 is 0 Å². The van der Waals surface area contributed by atoms with Gasteiger partial charge < -0.3 is 0 Å². The fourth-order valence-electron chi connectivity index (χ4n) is 5.04. The zero-order valence-corrected chi connectivity index (χ0v) is 18.6. The highest BCUT2D eigenvalue weighted by atomic mass is 16.1. The van der Waals surface area contributed by atoms with Gasteiger partial charge in [-0.25, -0.2) is 0 Å². The number of hydrogen-bond acceptors (Lipinski definition) is 4. The molecule has 0 aliphatic heterocycles. The Kier molecular flexibility index (Phi) is 4.17. The second-order valence-corrected chi connectivity index (χ2v) is 8.89. The molecule has 0 heterocycles. The Balaban J connectivity index is 1.50. The van der Waals surface area contributed by atoms with Crippen molar-refractivity contribution < 1.29 is 19.2 Å². The average molecular weight is 442 g/mol. The second kappa shape index (κ2) is 7.03.